The summed E-state index contributed by atoms with van der Waals surface area (Å²) in [6.45, 7) is 4.41. The highest BCUT2D eigenvalue weighted by atomic mass is 16.5. The molecule has 1 aliphatic rings. The number of hydrogen-bond acceptors (Lipinski definition) is 5. The quantitative estimate of drug-likeness (QED) is 0.902. The fourth-order valence-corrected chi connectivity index (χ4v) is 2.85. The molecule has 0 fully saturated rings. The third-order valence-corrected chi connectivity index (χ3v) is 3.82. The van der Waals surface area contributed by atoms with Gasteiger partial charge in [-0.3, -0.25) is 0 Å². The van der Waals surface area contributed by atoms with Gasteiger partial charge in [-0.15, -0.1) is 0 Å². The Labute approximate surface area is 118 Å². The number of aromatic nitrogens is 2. The van der Waals surface area contributed by atoms with Crippen molar-refractivity contribution in [3.63, 3.8) is 0 Å². The van der Waals surface area contributed by atoms with Crippen LogP contribution in [0.1, 0.15) is 36.5 Å². The van der Waals surface area contributed by atoms with Crippen LogP contribution in [-0.4, -0.2) is 23.2 Å². The highest BCUT2D eigenvalue weighted by Gasteiger charge is 2.28. The van der Waals surface area contributed by atoms with Gasteiger partial charge in [-0.2, -0.15) is 4.98 Å². The Hall–Kier alpha value is -1.88. The molecule has 0 amide bonds. The molecule has 0 radical (unpaired) electrons. The summed E-state index contributed by atoms with van der Waals surface area (Å²) >= 11 is 0. The maximum absolute atomic E-state index is 5.73. The van der Waals surface area contributed by atoms with Crippen LogP contribution >= 0.6 is 0 Å². The van der Waals surface area contributed by atoms with E-state index in [0.717, 1.165) is 31.8 Å². The lowest BCUT2D eigenvalue weighted by molar-refractivity contribution is 0.376. The van der Waals surface area contributed by atoms with Crippen molar-refractivity contribution in [2.24, 2.45) is 5.73 Å². The van der Waals surface area contributed by atoms with E-state index >= 15 is 0 Å². The number of fused-ring (bicyclic) bond motifs is 1. The second-order valence-electron chi connectivity index (χ2n) is 5.17. The van der Waals surface area contributed by atoms with Crippen LogP contribution in [0.25, 0.3) is 0 Å². The van der Waals surface area contributed by atoms with Crippen LogP contribution in [0, 0.1) is 0 Å². The third-order valence-electron chi connectivity index (χ3n) is 3.82. The van der Waals surface area contributed by atoms with Crippen LogP contribution in [-0.2, 0) is 13.0 Å². The summed E-state index contributed by atoms with van der Waals surface area (Å²) in [5.74, 6) is 1.96. The Balaban J connectivity index is 1.80. The van der Waals surface area contributed by atoms with Crippen molar-refractivity contribution in [1.82, 2.24) is 10.1 Å². The predicted molar refractivity (Wildman–Crippen MR) is 77.6 cm³/mol. The summed E-state index contributed by atoms with van der Waals surface area (Å²) < 4.78 is 5.18. The highest BCUT2D eigenvalue weighted by molar-refractivity contribution is 5.60. The van der Waals surface area contributed by atoms with E-state index in [4.69, 9.17) is 10.3 Å². The molecular formula is C15H20N4O. The molecule has 106 valence electrons. The van der Waals surface area contributed by atoms with Crippen molar-refractivity contribution in [3.05, 3.63) is 41.5 Å². The first kappa shape index (κ1) is 13.1. The minimum absolute atomic E-state index is 0.508. The zero-order chi connectivity index (χ0) is 13.9. The predicted octanol–water partition coefficient (Wildman–Crippen LogP) is 2.08. The van der Waals surface area contributed by atoms with Crippen LogP contribution in [0.5, 0.6) is 0 Å². The Kier molecular flexibility index (Phi) is 3.69. The molecule has 2 aromatic rings. The van der Waals surface area contributed by atoms with E-state index in [2.05, 4.69) is 39.3 Å². The summed E-state index contributed by atoms with van der Waals surface area (Å²) in [4.78, 5) is 6.71. The van der Waals surface area contributed by atoms with E-state index in [1.807, 2.05) is 6.92 Å². The van der Waals surface area contributed by atoms with Gasteiger partial charge in [0.2, 0.25) is 5.89 Å². The number of aryl methyl sites for hydroxylation is 1. The monoisotopic (exact) mass is 272 g/mol. The van der Waals surface area contributed by atoms with Crippen molar-refractivity contribution in [1.29, 1.82) is 0 Å². The minimum Gasteiger partial charge on any atom is -0.363 e. The van der Waals surface area contributed by atoms with E-state index in [1.165, 1.54) is 11.3 Å². The van der Waals surface area contributed by atoms with Gasteiger partial charge in [0.1, 0.15) is 0 Å². The lowest BCUT2D eigenvalue weighted by Crippen LogP contribution is -2.22. The minimum atomic E-state index is 0.508. The molecule has 0 saturated carbocycles. The van der Waals surface area contributed by atoms with Crippen molar-refractivity contribution >= 4 is 5.69 Å². The maximum Gasteiger partial charge on any atom is 0.226 e. The van der Waals surface area contributed by atoms with E-state index < -0.39 is 0 Å². The molecule has 0 aliphatic carbocycles. The summed E-state index contributed by atoms with van der Waals surface area (Å²) in [5.41, 5.74) is 8.38. The number of para-hydroxylation sites is 1. The third kappa shape index (κ3) is 2.41. The van der Waals surface area contributed by atoms with Gasteiger partial charge < -0.3 is 15.2 Å². The number of nitrogens with two attached hydrogens (primary N) is 1. The van der Waals surface area contributed by atoms with Crippen LogP contribution in [0.2, 0.25) is 0 Å². The van der Waals surface area contributed by atoms with Gasteiger partial charge in [-0.1, -0.05) is 30.3 Å². The van der Waals surface area contributed by atoms with Crippen LogP contribution < -0.4 is 10.6 Å². The number of nitrogens with zero attached hydrogens (tertiary/aromatic N) is 3. The standard InChI is InChI=1S/C15H20N4O/c1-2-15-17-14(18-20-15)10-19-9-11(7-8-16)12-5-3-4-6-13(12)19/h3-6,11H,2,7-10,16H2,1H3. The molecule has 0 spiro atoms. The molecular weight excluding hydrogens is 252 g/mol. The average molecular weight is 272 g/mol. The lowest BCUT2D eigenvalue weighted by Gasteiger charge is -2.17. The number of hydrogen-bond donors (Lipinski definition) is 1. The first-order valence-electron chi connectivity index (χ1n) is 7.17. The molecule has 1 unspecified atom stereocenters. The zero-order valence-electron chi connectivity index (χ0n) is 11.7. The fraction of sp³-hybridized carbons (Fsp3) is 0.467. The van der Waals surface area contributed by atoms with E-state index in [9.17, 15) is 0 Å². The molecule has 2 heterocycles. The number of anilines is 1. The molecule has 0 saturated heterocycles. The molecule has 5 heteroatoms. The number of rotatable bonds is 5. The van der Waals surface area contributed by atoms with Crippen molar-refractivity contribution < 1.29 is 4.52 Å². The molecule has 2 N–H and O–H groups in total. The van der Waals surface area contributed by atoms with Crippen molar-refractivity contribution in [2.75, 3.05) is 18.0 Å². The molecule has 1 atom stereocenters. The summed E-state index contributed by atoms with van der Waals surface area (Å²) in [6.07, 6.45) is 1.79. The molecule has 20 heavy (non-hydrogen) atoms. The number of benzene rings is 1. The molecule has 1 aliphatic heterocycles. The van der Waals surface area contributed by atoms with Crippen molar-refractivity contribution in [3.8, 4) is 0 Å². The van der Waals surface area contributed by atoms with Gasteiger partial charge >= 0.3 is 0 Å². The second-order valence-corrected chi connectivity index (χ2v) is 5.17. The Morgan fingerprint density at radius 2 is 2.25 bits per heavy atom. The van der Waals surface area contributed by atoms with E-state index in [-0.39, 0.29) is 0 Å². The molecule has 3 rings (SSSR count). The van der Waals surface area contributed by atoms with Gasteiger partial charge in [0.25, 0.3) is 0 Å². The summed E-state index contributed by atoms with van der Waals surface area (Å²) in [6, 6.07) is 8.52. The second kappa shape index (κ2) is 5.63. The van der Waals surface area contributed by atoms with Gasteiger partial charge in [-0.05, 0) is 24.6 Å². The van der Waals surface area contributed by atoms with Crippen LogP contribution in [0.15, 0.2) is 28.8 Å². The molecule has 5 nitrogen and oxygen atoms in total. The summed E-state index contributed by atoms with van der Waals surface area (Å²) in [5, 5.41) is 4.04. The SMILES string of the molecule is CCc1nc(CN2CC(CCN)c3ccccc32)no1. The first-order valence-corrected chi connectivity index (χ1v) is 7.17. The van der Waals surface area contributed by atoms with Gasteiger partial charge in [0.15, 0.2) is 5.82 Å². The largest absolute Gasteiger partial charge is 0.363 e. The van der Waals surface area contributed by atoms with Crippen LogP contribution in [0.4, 0.5) is 5.69 Å². The van der Waals surface area contributed by atoms with Gasteiger partial charge in [-0.25, -0.2) is 0 Å². The molecule has 1 aromatic heterocycles. The topological polar surface area (TPSA) is 68.2 Å². The molecule has 1 aromatic carbocycles. The maximum atomic E-state index is 5.73. The summed E-state index contributed by atoms with van der Waals surface area (Å²) in [7, 11) is 0. The average Bonchev–Trinajstić information content (AvgIpc) is 3.06. The highest BCUT2D eigenvalue weighted by Crippen LogP contribution is 2.38. The van der Waals surface area contributed by atoms with E-state index in [1.54, 1.807) is 0 Å². The molecule has 0 bridgehead atoms. The smallest absolute Gasteiger partial charge is 0.226 e. The zero-order valence-corrected chi connectivity index (χ0v) is 11.7. The Bertz CT molecular complexity index is 581. The van der Waals surface area contributed by atoms with Crippen LogP contribution in [0.3, 0.4) is 0 Å². The Morgan fingerprint density at radius 3 is 3.00 bits per heavy atom. The Morgan fingerprint density at radius 1 is 1.40 bits per heavy atom. The van der Waals surface area contributed by atoms with Crippen molar-refractivity contribution in [2.45, 2.75) is 32.2 Å². The normalized spacial score (nSPS) is 17.5. The van der Waals surface area contributed by atoms with Gasteiger partial charge in [0.05, 0.1) is 6.54 Å². The lowest BCUT2D eigenvalue weighted by atomic mass is 9.98. The first-order chi connectivity index (χ1) is 9.81. The fourth-order valence-electron chi connectivity index (χ4n) is 2.85. The van der Waals surface area contributed by atoms with Gasteiger partial charge in [0, 0.05) is 24.6 Å². The van der Waals surface area contributed by atoms with E-state index in [0.29, 0.717) is 18.4 Å².